The first-order valence-corrected chi connectivity index (χ1v) is 6.30. The number of nitrogens with one attached hydrogen (secondary N) is 1. The number of urea groups is 1. The van der Waals surface area contributed by atoms with Crippen LogP contribution >= 0.6 is 15.9 Å². The Balaban J connectivity index is 1.99. The molecular weight excluding hydrogens is 286 g/mol. The van der Waals surface area contributed by atoms with Gasteiger partial charge in [0.25, 0.3) is 0 Å². The maximum atomic E-state index is 11.9. The van der Waals surface area contributed by atoms with Gasteiger partial charge >= 0.3 is 6.03 Å². The minimum absolute atomic E-state index is 0.0198. The Labute approximate surface area is 108 Å². The molecule has 1 fully saturated rings. The lowest BCUT2D eigenvalue weighted by molar-refractivity contribution is 0.166. The fourth-order valence-electron chi connectivity index (χ4n) is 1.94. The molecule has 0 aromatic carbocycles. The highest BCUT2D eigenvalue weighted by atomic mass is 79.9. The van der Waals surface area contributed by atoms with E-state index in [0.717, 1.165) is 17.4 Å². The smallest absolute Gasteiger partial charge is 0.322 e. The average Bonchev–Trinajstić information content (AvgIpc) is 2.80. The maximum Gasteiger partial charge on any atom is 0.322 e. The Bertz CT molecular complexity index is 396. The summed E-state index contributed by atoms with van der Waals surface area (Å²) in [5.74, 6) is 0. The van der Waals surface area contributed by atoms with Crippen LogP contribution in [0.3, 0.4) is 0 Å². The molecule has 1 aliphatic heterocycles. The first-order chi connectivity index (χ1) is 8.20. The summed E-state index contributed by atoms with van der Waals surface area (Å²) in [5, 5.41) is 11.9. The molecule has 17 heavy (non-hydrogen) atoms. The highest BCUT2D eigenvalue weighted by molar-refractivity contribution is 9.10. The summed E-state index contributed by atoms with van der Waals surface area (Å²) in [6, 6.07) is 3.31. The molecule has 0 bridgehead atoms. The Morgan fingerprint density at radius 3 is 3.12 bits per heavy atom. The number of carbonyl (C=O) groups is 1. The Morgan fingerprint density at radius 1 is 1.65 bits per heavy atom. The lowest BCUT2D eigenvalue weighted by Gasteiger charge is -2.23. The van der Waals surface area contributed by atoms with Crippen molar-refractivity contribution in [2.75, 3.05) is 18.5 Å². The van der Waals surface area contributed by atoms with Crippen LogP contribution in [0.2, 0.25) is 0 Å². The predicted octanol–water partition coefficient (Wildman–Crippen LogP) is 1.83. The molecule has 2 N–H and O–H groups in total. The van der Waals surface area contributed by atoms with Crippen LogP contribution in [-0.2, 0) is 0 Å². The molecule has 1 atom stereocenters. The molecule has 0 spiro atoms. The van der Waals surface area contributed by atoms with Crippen LogP contribution in [0.15, 0.2) is 22.9 Å². The van der Waals surface area contributed by atoms with Crippen molar-refractivity contribution in [3.05, 3.63) is 22.9 Å². The summed E-state index contributed by atoms with van der Waals surface area (Å²) in [4.78, 5) is 17.6. The Kier molecular flexibility index (Phi) is 3.96. The number of aliphatic hydroxyl groups excluding tert-OH is 1. The fraction of sp³-hybridized carbons (Fsp3) is 0.455. The van der Waals surface area contributed by atoms with E-state index in [2.05, 4.69) is 26.2 Å². The van der Waals surface area contributed by atoms with Crippen molar-refractivity contribution in [1.82, 2.24) is 9.88 Å². The molecule has 1 aliphatic rings. The lowest BCUT2D eigenvalue weighted by atomic mass is 10.2. The van der Waals surface area contributed by atoms with Crippen molar-refractivity contribution in [3.63, 3.8) is 0 Å². The molecule has 1 aromatic rings. The third kappa shape index (κ3) is 2.95. The van der Waals surface area contributed by atoms with Crippen LogP contribution in [0.25, 0.3) is 0 Å². The van der Waals surface area contributed by atoms with Gasteiger partial charge in [-0.05, 0) is 40.9 Å². The number of amides is 2. The monoisotopic (exact) mass is 299 g/mol. The number of rotatable bonds is 2. The van der Waals surface area contributed by atoms with Crippen LogP contribution in [0, 0.1) is 0 Å². The molecule has 1 aromatic heterocycles. The van der Waals surface area contributed by atoms with Gasteiger partial charge in [0.05, 0.1) is 24.5 Å². The first kappa shape index (κ1) is 12.3. The van der Waals surface area contributed by atoms with Crippen LogP contribution in [-0.4, -0.2) is 40.2 Å². The van der Waals surface area contributed by atoms with Gasteiger partial charge in [-0.1, -0.05) is 0 Å². The number of aliphatic hydroxyl groups is 1. The fourth-order valence-corrected chi connectivity index (χ4v) is 2.17. The summed E-state index contributed by atoms with van der Waals surface area (Å²) in [6.07, 6.45) is 3.39. The van der Waals surface area contributed by atoms with Gasteiger partial charge in [-0.25, -0.2) is 9.78 Å². The molecule has 6 heteroatoms. The third-order valence-electron chi connectivity index (χ3n) is 2.83. The van der Waals surface area contributed by atoms with E-state index in [0.29, 0.717) is 12.2 Å². The number of hydrogen-bond donors (Lipinski definition) is 2. The molecule has 0 saturated carbocycles. The van der Waals surface area contributed by atoms with E-state index in [1.807, 2.05) is 0 Å². The third-order valence-corrected chi connectivity index (χ3v) is 3.30. The molecule has 0 radical (unpaired) electrons. The van der Waals surface area contributed by atoms with Gasteiger partial charge in [0.1, 0.15) is 4.60 Å². The second kappa shape index (κ2) is 5.46. The molecule has 2 heterocycles. The molecule has 0 unspecified atom stereocenters. The zero-order valence-corrected chi connectivity index (χ0v) is 10.9. The SMILES string of the molecule is O=C(Nc1ccc(Br)nc1)N1CCC[C@@H]1CO. The van der Waals surface area contributed by atoms with Gasteiger partial charge < -0.3 is 15.3 Å². The molecule has 1 saturated heterocycles. The molecular formula is C11H14BrN3O2. The standard InChI is InChI=1S/C11H14BrN3O2/c12-10-4-3-8(6-13-10)14-11(17)15-5-1-2-9(15)7-16/h3-4,6,9,16H,1-2,5,7H2,(H,14,17)/t9-/m1/s1. The van der Waals surface area contributed by atoms with Gasteiger partial charge in [0.2, 0.25) is 0 Å². The summed E-state index contributed by atoms with van der Waals surface area (Å²) in [7, 11) is 0. The maximum absolute atomic E-state index is 11.9. The number of halogens is 1. The Morgan fingerprint density at radius 2 is 2.47 bits per heavy atom. The molecule has 5 nitrogen and oxygen atoms in total. The zero-order chi connectivity index (χ0) is 12.3. The van der Waals surface area contributed by atoms with Gasteiger partial charge in [-0.15, -0.1) is 0 Å². The van der Waals surface area contributed by atoms with E-state index in [4.69, 9.17) is 5.11 Å². The number of hydrogen-bond acceptors (Lipinski definition) is 3. The summed E-state index contributed by atoms with van der Waals surface area (Å²) < 4.78 is 0.727. The van der Waals surface area contributed by atoms with Gasteiger partial charge in [0, 0.05) is 6.54 Å². The van der Waals surface area contributed by atoms with Crippen molar-refractivity contribution in [2.45, 2.75) is 18.9 Å². The topological polar surface area (TPSA) is 65.5 Å². The minimum atomic E-state index is -0.175. The van der Waals surface area contributed by atoms with E-state index in [9.17, 15) is 4.79 Å². The van der Waals surface area contributed by atoms with Crippen molar-refractivity contribution in [1.29, 1.82) is 0 Å². The number of pyridine rings is 1. The predicted molar refractivity (Wildman–Crippen MR) is 67.8 cm³/mol. The minimum Gasteiger partial charge on any atom is -0.394 e. The first-order valence-electron chi connectivity index (χ1n) is 5.51. The van der Waals surface area contributed by atoms with E-state index < -0.39 is 0 Å². The van der Waals surface area contributed by atoms with E-state index in [1.54, 1.807) is 23.2 Å². The second-order valence-corrected chi connectivity index (χ2v) is 4.78. The normalized spacial score (nSPS) is 19.4. The molecule has 92 valence electrons. The number of anilines is 1. The summed E-state index contributed by atoms with van der Waals surface area (Å²) >= 11 is 3.23. The molecule has 2 rings (SSSR count). The van der Waals surface area contributed by atoms with Gasteiger partial charge in [0.15, 0.2) is 0 Å². The number of nitrogens with zero attached hydrogens (tertiary/aromatic N) is 2. The summed E-state index contributed by atoms with van der Waals surface area (Å²) in [5.41, 5.74) is 0.654. The van der Waals surface area contributed by atoms with E-state index >= 15 is 0 Å². The van der Waals surface area contributed by atoms with Crippen molar-refractivity contribution < 1.29 is 9.90 Å². The Hall–Kier alpha value is -1.14. The van der Waals surface area contributed by atoms with Crippen molar-refractivity contribution >= 4 is 27.6 Å². The van der Waals surface area contributed by atoms with E-state index in [-0.39, 0.29) is 18.7 Å². The van der Waals surface area contributed by atoms with Crippen LogP contribution in [0.4, 0.5) is 10.5 Å². The van der Waals surface area contributed by atoms with Gasteiger partial charge in [-0.3, -0.25) is 0 Å². The van der Waals surface area contributed by atoms with Crippen LogP contribution in [0.1, 0.15) is 12.8 Å². The van der Waals surface area contributed by atoms with Crippen LogP contribution in [0.5, 0.6) is 0 Å². The zero-order valence-electron chi connectivity index (χ0n) is 9.27. The molecule has 0 aliphatic carbocycles. The number of aromatic nitrogens is 1. The highest BCUT2D eigenvalue weighted by Crippen LogP contribution is 2.18. The van der Waals surface area contributed by atoms with Crippen molar-refractivity contribution in [2.24, 2.45) is 0 Å². The lowest BCUT2D eigenvalue weighted by Crippen LogP contribution is -2.40. The van der Waals surface area contributed by atoms with Crippen LogP contribution < -0.4 is 5.32 Å². The largest absolute Gasteiger partial charge is 0.394 e. The van der Waals surface area contributed by atoms with Crippen molar-refractivity contribution in [3.8, 4) is 0 Å². The number of carbonyl (C=O) groups excluding carboxylic acids is 1. The summed E-state index contributed by atoms with van der Waals surface area (Å²) in [6.45, 7) is 0.715. The highest BCUT2D eigenvalue weighted by Gasteiger charge is 2.27. The van der Waals surface area contributed by atoms with Gasteiger partial charge in [-0.2, -0.15) is 0 Å². The van der Waals surface area contributed by atoms with E-state index in [1.165, 1.54) is 0 Å². The molecule has 2 amide bonds. The number of likely N-dealkylation sites (tertiary alicyclic amines) is 1. The second-order valence-electron chi connectivity index (χ2n) is 3.97. The quantitative estimate of drug-likeness (QED) is 0.819. The average molecular weight is 300 g/mol.